The number of anilines is 1. The van der Waals surface area contributed by atoms with Crippen LogP contribution in [0, 0.1) is 0 Å². The molecule has 10 heteroatoms. The molecule has 1 saturated heterocycles. The van der Waals surface area contributed by atoms with Gasteiger partial charge in [0.05, 0.1) is 28.5 Å². The molecular weight excluding hydrogens is 532 g/mol. The highest BCUT2D eigenvalue weighted by Gasteiger charge is 2.33. The normalized spacial score (nSPS) is 18.5. The van der Waals surface area contributed by atoms with Gasteiger partial charge in [-0.2, -0.15) is 0 Å². The molecule has 0 bridgehead atoms. The molecule has 8 nitrogen and oxygen atoms in total. The lowest BCUT2D eigenvalue weighted by molar-refractivity contribution is -0.139. The molecule has 39 heavy (non-hydrogen) atoms. The van der Waals surface area contributed by atoms with Crippen LogP contribution in [-0.4, -0.2) is 61.5 Å². The third kappa shape index (κ3) is 5.50. The van der Waals surface area contributed by atoms with Gasteiger partial charge in [-0.1, -0.05) is 23.5 Å². The average molecular weight is 567 g/mol. The minimum absolute atomic E-state index is 0.211. The summed E-state index contributed by atoms with van der Waals surface area (Å²) in [6, 6.07) is 11.8. The Labute approximate surface area is 236 Å². The van der Waals surface area contributed by atoms with Crippen molar-refractivity contribution in [2.45, 2.75) is 43.7 Å². The molecule has 0 saturated carbocycles. The van der Waals surface area contributed by atoms with Gasteiger partial charge >= 0.3 is 5.97 Å². The van der Waals surface area contributed by atoms with E-state index in [1.165, 1.54) is 11.3 Å². The largest absolute Gasteiger partial charge is 0.463 e. The zero-order chi connectivity index (χ0) is 27.7. The van der Waals surface area contributed by atoms with Crippen molar-refractivity contribution in [3.8, 4) is 0 Å². The first-order valence-electron chi connectivity index (χ1n) is 13.2. The summed E-state index contributed by atoms with van der Waals surface area (Å²) >= 11 is 2.94. The molecule has 0 amide bonds. The first-order chi connectivity index (χ1) is 18.8. The van der Waals surface area contributed by atoms with Gasteiger partial charge < -0.3 is 19.0 Å². The zero-order valence-corrected chi connectivity index (χ0v) is 24.6. The number of carbonyl (C=O) groups is 1. The molecule has 2 aliphatic heterocycles. The van der Waals surface area contributed by atoms with Crippen molar-refractivity contribution in [1.29, 1.82) is 0 Å². The number of ether oxygens (including phenoxy) is 1. The van der Waals surface area contributed by atoms with Crippen molar-refractivity contribution >= 4 is 41.0 Å². The molecule has 0 N–H and O–H groups in total. The Bertz CT molecular complexity index is 1560. The number of thioether (sulfide) groups is 1. The predicted octanol–water partition coefficient (Wildman–Crippen LogP) is 3.64. The monoisotopic (exact) mass is 566 g/mol. The number of allylic oxidation sites excluding steroid dienone is 1. The van der Waals surface area contributed by atoms with Gasteiger partial charge in [-0.05, 0) is 70.8 Å². The molecule has 4 heterocycles. The number of rotatable bonds is 7. The lowest BCUT2D eigenvalue weighted by atomic mass is 9.96. The summed E-state index contributed by atoms with van der Waals surface area (Å²) in [4.78, 5) is 37.7. The van der Waals surface area contributed by atoms with E-state index in [4.69, 9.17) is 9.15 Å². The van der Waals surface area contributed by atoms with Crippen LogP contribution in [0.3, 0.4) is 0 Å². The second kappa shape index (κ2) is 11.6. The number of aromatic nitrogens is 1. The van der Waals surface area contributed by atoms with E-state index >= 15 is 0 Å². The number of nitrogens with zero attached hydrogens (tertiary/aromatic N) is 4. The third-order valence-corrected chi connectivity index (χ3v) is 9.07. The number of furan rings is 1. The van der Waals surface area contributed by atoms with Crippen LogP contribution >= 0.6 is 23.1 Å². The molecule has 0 unspecified atom stereocenters. The Morgan fingerprint density at radius 2 is 1.92 bits per heavy atom. The number of thiazole rings is 1. The highest BCUT2D eigenvalue weighted by atomic mass is 32.2. The van der Waals surface area contributed by atoms with Crippen molar-refractivity contribution < 1.29 is 13.9 Å². The van der Waals surface area contributed by atoms with Gasteiger partial charge in [0.2, 0.25) is 0 Å². The van der Waals surface area contributed by atoms with Crippen molar-refractivity contribution in [3.05, 3.63) is 78.7 Å². The number of hydrogen-bond acceptors (Lipinski definition) is 9. The van der Waals surface area contributed by atoms with Crippen LogP contribution in [0.25, 0.3) is 6.08 Å². The lowest BCUT2D eigenvalue weighted by Crippen LogP contribution is -2.41. The number of fused-ring (bicyclic) bond motifs is 1. The Kier molecular flexibility index (Phi) is 8.16. The SMILES string of the molecule is CCOC(=O)C1=C(C)N=c2s/c(=C\c3ccc(N4CCC(N(C)C)CC4)o3)c(=O)n2[C@@H]1c1ccc(SC)cc1. The number of piperidine rings is 1. The Morgan fingerprint density at radius 3 is 2.56 bits per heavy atom. The van der Waals surface area contributed by atoms with E-state index in [0.29, 0.717) is 32.4 Å². The van der Waals surface area contributed by atoms with Gasteiger partial charge in [0.1, 0.15) is 5.76 Å². The smallest absolute Gasteiger partial charge is 0.338 e. The molecule has 1 atom stereocenters. The molecule has 1 fully saturated rings. The first kappa shape index (κ1) is 27.5. The summed E-state index contributed by atoms with van der Waals surface area (Å²) in [6.45, 7) is 5.68. The number of benzene rings is 1. The summed E-state index contributed by atoms with van der Waals surface area (Å²) in [5.74, 6) is 0.978. The van der Waals surface area contributed by atoms with Crippen LogP contribution in [0.15, 0.2) is 66.8 Å². The molecule has 2 aliphatic rings. The van der Waals surface area contributed by atoms with Crippen molar-refractivity contribution in [2.24, 2.45) is 4.99 Å². The minimum Gasteiger partial charge on any atom is -0.463 e. The van der Waals surface area contributed by atoms with E-state index in [-0.39, 0.29) is 12.2 Å². The number of esters is 1. The van der Waals surface area contributed by atoms with Crippen molar-refractivity contribution in [3.63, 3.8) is 0 Å². The fourth-order valence-corrected chi connectivity index (χ4v) is 6.65. The second-order valence-electron chi connectivity index (χ2n) is 9.93. The van der Waals surface area contributed by atoms with Crippen molar-refractivity contribution in [1.82, 2.24) is 9.47 Å². The molecular formula is C29H34N4O4S2. The summed E-state index contributed by atoms with van der Waals surface area (Å²) in [6.07, 6.45) is 5.96. The van der Waals surface area contributed by atoms with Crippen LogP contribution in [-0.2, 0) is 9.53 Å². The van der Waals surface area contributed by atoms with Crippen LogP contribution < -0.4 is 19.8 Å². The Hall–Kier alpha value is -3.08. The van der Waals surface area contributed by atoms with E-state index in [1.807, 2.05) is 42.7 Å². The molecule has 3 aromatic rings. The molecule has 2 aromatic heterocycles. The maximum atomic E-state index is 13.8. The molecule has 5 rings (SSSR count). The molecule has 0 radical (unpaired) electrons. The van der Waals surface area contributed by atoms with Gasteiger partial charge in [0.25, 0.3) is 5.56 Å². The quantitative estimate of drug-likeness (QED) is 0.319. The summed E-state index contributed by atoms with van der Waals surface area (Å²) in [5.41, 5.74) is 1.56. The third-order valence-electron chi connectivity index (χ3n) is 7.34. The number of carbonyl (C=O) groups excluding carboxylic acids is 1. The van der Waals surface area contributed by atoms with Gasteiger partial charge in [-0.25, -0.2) is 9.79 Å². The lowest BCUT2D eigenvalue weighted by Gasteiger charge is -2.35. The van der Waals surface area contributed by atoms with Crippen molar-refractivity contribution in [2.75, 3.05) is 44.9 Å². The summed E-state index contributed by atoms with van der Waals surface area (Å²) in [5, 5.41) is 0. The highest BCUT2D eigenvalue weighted by molar-refractivity contribution is 7.98. The predicted molar refractivity (Wildman–Crippen MR) is 156 cm³/mol. The summed E-state index contributed by atoms with van der Waals surface area (Å²) in [7, 11) is 4.25. The minimum atomic E-state index is -0.622. The van der Waals surface area contributed by atoms with E-state index in [2.05, 4.69) is 28.9 Å². The molecule has 206 valence electrons. The zero-order valence-electron chi connectivity index (χ0n) is 23.0. The average Bonchev–Trinajstić information content (AvgIpc) is 3.52. The van der Waals surface area contributed by atoms with E-state index < -0.39 is 12.0 Å². The van der Waals surface area contributed by atoms with E-state index in [9.17, 15) is 9.59 Å². The van der Waals surface area contributed by atoms with Gasteiger partial charge in [-0.3, -0.25) is 9.36 Å². The van der Waals surface area contributed by atoms with Gasteiger partial charge in [0, 0.05) is 36.2 Å². The van der Waals surface area contributed by atoms with Gasteiger partial charge in [0.15, 0.2) is 10.7 Å². The standard InChI is InChI=1S/C29H34N4O4S2/c1-6-36-28(35)25-18(2)30-29-33(26(25)19-7-10-22(38-5)11-8-19)27(34)23(39-29)17-21-9-12-24(37-21)32-15-13-20(14-16-32)31(3)4/h7-12,17,20,26H,6,13-16H2,1-5H3/b23-17-/t26-/m1/s1. The number of hydrogen-bond donors (Lipinski definition) is 0. The van der Waals surface area contributed by atoms with E-state index in [1.54, 1.807) is 36.3 Å². The topological polar surface area (TPSA) is 80.3 Å². The van der Waals surface area contributed by atoms with E-state index in [0.717, 1.165) is 42.3 Å². The van der Waals surface area contributed by atoms with Gasteiger partial charge in [-0.15, -0.1) is 11.8 Å². The second-order valence-corrected chi connectivity index (χ2v) is 11.8. The fourth-order valence-electron chi connectivity index (χ4n) is 5.21. The molecule has 0 spiro atoms. The maximum Gasteiger partial charge on any atom is 0.338 e. The van der Waals surface area contributed by atoms with Crippen LogP contribution in [0.4, 0.5) is 5.88 Å². The van der Waals surface area contributed by atoms with Crippen LogP contribution in [0.5, 0.6) is 0 Å². The summed E-state index contributed by atoms with van der Waals surface area (Å²) < 4.78 is 13.7. The Balaban J connectivity index is 1.52. The fraction of sp³-hybridized carbons (Fsp3) is 0.414. The molecule has 1 aromatic carbocycles. The first-order valence-corrected chi connectivity index (χ1v) is 15.2. The molecule has 0 aliphatic carbocycles. The maximum absolute atomic E-state index is 13.8. The van der Waals surface area contributed by atoms with Crippen LogP contribution in [0.2, 0.25) is 0 Å². The van der Waals surface area contributed by atoms with Crippen LogP contribution in [0.1, 0.15) is 44.1 Å². The highest BCUT2D eigenvalue weighted by Crippen LogP contribution is 2.32. The Morgan fingerprint density at radius 1 is 1.21 bits per heavy atom.